The molecule has 1 aromatic rings. The van der Waals surface area contributed by atoms with Crippen molar-refractivity contribution in [2.75, 3.05) is 19.0 Å². The minimum atomic E-state index is -0.790. The van der Waals surface area contributed by atoms with E-state index < -0.39 is 11.4 Å². The number of nitrogens with one attached hydrogen (secondary N) is 1. The molecule has 0 aliphatic heterocycles. The molecule has 0 spiro atoms. The van der Waals surface area contributed by atoms with Gasteiger partial charge in [-0.3, -0.25) is 4.79 Å². The first-order chi connectivity index (χ1) is 8.07. The van der Waals surface area contributed by atoms with Gasteiger partial charge in [0, 0.05) is 6.54 Å². The molecule has 0 amide bonds. The highest BCUT2D eigenvalue weighted by Crippen LogP contribution is 2.45. The molecule has 1 fully saturated rings. The third kappa shape index (κ3) is 2.41. The molecule has 2 N–H and O–H groups in total. The second kappa shape index (κ2) is 4.37. The van der Waals surface area contributed by atoms with Gasteiger partial charge in [0.05, 0.1) is 18.7 Å². The maximum Gasteiger partial charge on any atom is 0.318 e. The number of nitrogens with zero attached hydrogens (tertiary/aromatic N) is 2. The predicted molar refractivity (Wildman–Crippen MR) is 61.4 cm³/mol. The van der Waals surface area contributed by atoms with E-state index in [0.717, 1.165) is 0 Å². The Balaban J connectivity index is 2.06. The summed E-state index contributed by atoms with van der Waals surface area (Å²) in [5, 5.41) is 12.3. The lowest BCUT2D eigenvalue weighted by molar-refractivity contribution is -0.142. The largest absolute Gasteiger partial charge is 0.481 e. The fourth-order valence-corrected chi connectivity index (χ4v) is 1.60. The quantitative estimate of drug-likeness (QED) is 0.830. The molecular formula is C10H12ClN3O3. The molecule has 2 rings (SSSR count). The zero-order valence-corrected chi connectivity index (χ0v) is 9.99. The maximum absolute atomic E-state index is 11.0. The minimum absolute atomic E-state index is 0.192. The summed E-state index contributed by atoms with van der Waals surface area (Å²) in [6.45, 7) is 0.308. The highest BCUT2D eigenvalue weighted by molar-refractivity contribution is 6.32. The van der Waals surface area contributed by atoms with E-state index in [9.17, 15) is 4.79 Å². The van der Waals surface area contributed by atoms with Crippen LogP contribution in [0.15, 0.2) is 6.20 Å². The highest BCUT2D eigenvalue weighted by atomic mass is 35.5. The highest BCUT2D eigenvalue weighted by Gasteiger charge is 2.50. The summed E-state index contributed by atoms with van der Waals surface area (Å²) in [7, 11) is 1.45. The van der Waals surface area contributed by atoms with E-state index in [1.54, 1.807) is 0 Å². The summed E-state index contributed by atoms with van der Waals surface area (Å²) >= 11 is 5.89. The second-order valence-electron chi connectivity index (χ2n) is 3.99. The molecule has 1 heterocycles. The number of carboxylic acids is 1. The van der Waals surface area contributed by atoms with Crippen LogP contribution in [0.1, 0.15) is 12.8 Å². The van der Waals surface area contributed by atoms with E-state index in [-0.39, 0.29) is 6.01 Å². The third-order valence-corrected chi connectivity index (χ3v) is 3.08. The van der Waals surface area contributed by atoms with Crippen molar-refractivity contribution in [3.63, 3.8) is 0 Å². The molecular weight excluding hydrogens is 246 g/mol. The number of carbonyl (C=O) groups is 1. The van der Waals surface area contributed by atoms with Crippen molar-refractivity contribution >= 4 is 23.4 Å². The fourth-order valence-electron chi connectivity index (χ4n) is 1.44. The summed E-state index contributed by atoms with van der Waals surface area (Å²) < 4.78 is 4.87. The van der Waals surface area contributed by atoms with Gasteiger partial charge in [0.25, 0.3) is 0 Å². The van der Waals surface area contributed by atoms with Gasteiger partial charge in [-0.05, 0) is 12.8 Å². The number of anilines is 1. The lowest BCUT2D eigenvalue weighted by Crippen LogP contribution is -2.24. The molecule has 1 aliphatic carbocycles. The standard InChI is InChI=1S/C10H12ClN3O3/c1-17-9-12-4-6(11)7(14-9)13-5-10(2-3-10)8(15)16/h4H,2-3,5H2,1H3,(H,15,16)(H,12,13,14). The number of halogens is 1. The molecule has 0 aromatic carbocycles. The summed E-state index contributed by atoms with van der Waals surface area (Å²) in [6.07, 6.45) is 2.76. The number of hydrogen-bond acceptors (Lipinski definition) is 5. The van der Waals surface area contributed by atoms with Gasteiger partial charge < -0.3 is 15.2 Å². The average molecular weight is 258 g/mol. The zero-order chi connectivity index (χ0) is 12.5. The molecule has 1 aliphatic rings. The van der Waals surface area contributed by atoms with Crippen LogP contribution >= 0.6 is 11.6 Å². The van der Waals surface area contributed by atoms with Crippen molar-refractivity contribution in [2.24, 2.45) is 5.41 Å². The van der Waals surface area contributed by atoms with Gasteiger partial charge in [-0.2, -0.15) is 4.98 Å². The van der Waals surface area contributed by atoms with Gasteiger partial charge in [-0.25, -0.2) is 4.98 Å². The lowest BCUT2D eigenvalue weighted by Gasteiger charge is -2.12. The minimum Gasteiger partial charge on any atom is -0.481 e. The smallest absolute Gasteiger partial charge is 0.318 e. The number of hydrogen-bond donors (Lipinski definition) is 2. The first-order valence-corrected chi connectivity index (χ1v) is 5.49. The molecule has 1 saturated carbocycles. The van der Waals surface area contributed by atoms with Gasteiger partial charge in [0.2, 0.25) is 0 Å². The van der Waals surface area contributed by atoms with Crippen LogP contribution in [0.5, 0.6) is 6.01 Å². The zero-order valence-electron chi connectivity index (χ0n) is 9.23. The Morgan fingerprint density at radius 1 is 1.71 bits per heavy atom. The van der Waals surface area contributed by atoms with Gasteiger partial charge in [-0.1, -0.05) is 11.6 Å². The fraction of sp³-hybridized carbons (Fsp3) is 0.500. The molecule has 0 radical (unpaired) electrons. The number of carboxylic acid groups (broad SMARTS) is 1. The van der Waals surface area contributed by atoms with Crippen molar-refractivity contribution in [1.82, 2.24) is 9.97 Å². The van der Waals surface area contributed by atoms with Gasteiger partial charge in [-0.15, -0.1) is 0 Å². The number of rotatable bonds is 5. The van der Waals surface area contributed by atoms with E-state index in [4.69, 9.17) is 21.4 Å². The van der Waals surface area contributed by atoms with Crippen LogP contribution in [0.4, 0.5) is 5.82 Å². The average Bonchev–Trinajstić information content (AvgIpc) is 3.09. The maximum atomic E-state index is 11.0. The molecule has 0 unspecified atom stereocenters. The first-order valence-electron chi connectivity index (χ1n) is 5.11. The van der Waals surface area contributed by atoms with Crippen molar-refractivity contribution in [2.45, 2.75) is 12.8 Å². The Morgan fingerprint density at radius 2 is 2.41 bits per heavy atom. The number of methoxy groups -OCH3 is 1. The normalized spacial score (nSPS) is 16.4. The molecule has 17 heavy (non-hydrogen) atoms. The van der Waals surface area contributed by atoms with E-state index in [2.05, 4.69) is 15.3 Å². The molecule has 92 valence electrons. The second-order valence-corrected chi connectivity index (χ2v) is 4.40. The van der Waals surface area contributed by atoms with E-state index in [1.807, 2.05) is 0 Å². The molecule has 0 bridgehead atoms. The Bertz CT molecular complexity index is 448. The molecule has 6 nitrogen and oxygen atoms in total. The predicted octanol–water partition coefficient (Wildman–Crippen LogP) is 1.42. The summed E-state index contributed by atoms with van der Waals surface area (Å²) in [5.74, 6) is -0.395. The van der Waals surface area contributed by atoms with Crippen molar-refractivity contribution < 1.29 is 14.6 Å². The molecule has 0 saturated heterocycles. The van der Waals surface area contributed by atoms with Crippen molar-refractivity contribution in [3.8, 4) is 6.01 Å². The lowest BCUT2D eigenvalue weighted by atomic mass is 10.1. The van der Waals surface area contributed by atoms with Crippen LogP contribution in [-0.4, -0.2) is 34.7 Å². The van der Waals surface area contributed by atoms with Crippen molar-refractivity contribution in [1.29, 1.82) is 0 Å². The molecule has 7 heteroatoms. The Labute approximate surface area is 103 Å². The third-order valence-electron chi connectivity index (χ3n) is 2.81. The summed E-state index contributed by atoms with van der Waals surface area (Å²) in [4.78, 5) is 18.8. The topological polar surface area (TPSA) is 84.3 Å². The monoisotopic (exact) mass is 257 g/mol. The first kappa shape index (κ1) is 11.9. The number of aliphatic carboxylic acids is 1. The van der Waals surface area contributed by atoms with Crippen molar-refractivity contribution in [3.05, 3.63) is 11.2 Å². The van der Waals surface area contributed by atoms with Crippen LogP contribution in [-0.2, 0) is 4.79 Å². The summed E-state index contributed by atoms with van der Waals surface area (Å²) in [5.41, 5.74) is -0.665. The van der Waals surface area contributed by atoms with Crippen LogP contribution in [0, 0.1) is 5.41 Å². The van der Waals surface area contributed by atoms with E-state index in [1.165, 1.54) is 13.3 Å². The van der Waals surface area contributed by atoms with Crippen LogP contribution in [0.25, 0.3) is 0 Å². The van der Waals surface area contributed by atoms with Crippen LogP contribution < -0.4 is 10.1 Å². The Morgan fingerprint density at radius 3 is 2.94 bits per heavy atom. The molecule has 1 aromatic heterocycles. The van der Waals surface area contributed by atoms with Crippen LogP contribution in [0.2, 0.25) is 5.02 Å². The molecule has 0 atom stereocenters. The van der Waals surface area contributed by atoms with Gasteiger partial charge >= 0.3 is 12.0 Å². The summed E-state index contributed by atoms with van der Waals surface area (Å²) in [6, 6.07) is 0.192. The number of aromatic nitrogens is 2. The van der Waals surface area contributed by atoms with Gasteiger partial charge in [0.15, 0.2) is 5.82 Å². The van der Waals surface area contributed by atoms with E-state index in [0.29, 0.717) is 30.2 Å². The SMILES string of the molecule is COc1ncc(Cl)c(NCC2(C(=O)O)CC2)n1. The Kier molecular flexibility index (Phi) is 3.06. The Hall–Kier alpha value is -1.56. The van der Waals surface area contributed by atoms with E-state index >= 15 is 0 Å². The number of ether oxygens (including phenoxy) is 1. The van der Waals surface area contributed by atoms with Crippen LogP contribution in [0.3, 0.4) is 0 Å². The van der Waals surface area contributed by atoms with Gasteiger partial charge in [0.1, 0.15) is 5.02 Å².